The van der Waals surface area contributed by atoms with Crippen molar-refractivity contribution < 1.29 is 24.2 Å². The van der Waals surface area contributed by atoms with E-state index in [1.54, 1.807) is 33.0 Å². The number of carbonyl (C=O) groups is 3. The van der Waals surface area contributed by atoms with Gasteiger partial charge >= 0.3 is 18.1 Å². The molecule has 1 saturated carbocycles. The molecule has 0 radical (unpaired) electrons. The largest absolute Gasteiger partial charge is 0.480 e. The summed E-state index contributed by atoms with van der Waals surface area (Å²) in [7, 11) is 0. The van der Waals surface area contributed by atoms with Crippen molar-refractivity contribution in [3.63, 3.8) is 0 Å². The van der Waals surface area contributed by atoms with Gasteiger partial charge in [0.15, 0.2) is 5.65 Å². The highest BCUT2D eigenvalue weighted by atomic mass is 16.6. The van der Waals surface area contributed by atoms with Crippen LogP contribution in [0.1, 0.15) is 78.2 Å². The fourth-order valence-corrected chi connectivity index (χ4v) is 5.35. The smallest absolute Gasteiger partial charge is 0.407 e. The molecule has 0 aromatic carbocycles. The fraction of sp³-hybridized carbons (Fsp3) is 0.552. The van der Waals surface area contributed by atoms with Gasteiger partial charge in [-0.1, -0.05) is 12.8 Å². The number of nitriles is 1. The molecule has 0 bridgehead atoms. The first-order valence-corrected chi connectivity index (χ1v) is 14.3. The number of unbranched alkanes of at least 4 members (excludes halogenated alkanes) is 1. The minimum absolute atomic E-state index is 0.00000227. The average Bonchev–Trinajstić information content (AvgIpc) is 3.70. The van der Waals surface area contributed by atoms with E-state index in [1.807, 2.05) is 10.9 Å². The molecular formula is C29H38N8O5. The third-order valence-corrected chi connectivity index (χ3v) is 7.34. The van der Waals surface area contributed by atoms with Gasteiger partial charge in [-0.15, -0.1) is 0 Å². The van der Waals surface area contributed by atoms with Crippen LogP contribution in [-0.4, -0.2) is 65.7 Å². The van der Waals surface area contributed by atoms with Crippen molar-refractivity contribution in [3.05, 3.63) is 31.0 Å². The van der Waals surface area contributed by atoms with Crippen molar-refractivity contribution in [2.24, 2.45) is 5.92 Å². The van der Waals surface area contributed by atoms with Crippen LogP contribution < -0.4 is 10.6 Å². The minimum Gasteiger partial charge on any atom is -0.480 e. The monoisotopic (exact) mass is 578 g/mol. The van der Waals surface area contributed by atoms with E-state index in [0.29, 0.717) is 48.5 Å². The number of carbonyl (C=O) groups excluding carboxylic acids is 2. The van der Waals surface area contributed by atoms with Gasteiger partial charge in [-0.25, -0.2) is 24.4 Å². The van der Waals surface area contributed by atoms with Crippen LogP contribution >= 0.6 is 0 Å². The van der Waals surface area contributed by atoms with Crippen LogP contribution in [0.15, 0.2) is 31.0 Å². The summed E-state index contributed by atoms with van der Waals surface area (Å²) in [5.74, 6) is -0.743. The van der Waals surface area contributed by atoms with Crippen LogP contribution in [0.25, 0.3) is 22.3 Å². The van der Waals surface area contributed by atoms with E-state index in [-0.39, 0.29) is 12.5 Å². The zero-order chi connectivity index (χ0) is 30.3. The number of carboxylic acids is 1. The van der Waals surface area contributed by atoms with Crippen molar-refractivity contribution in [2.75, 3.05) is 6.54 Å². The molecule has 4 rings (SSSR count). The maximum absolute atomic E-state index is 13.1. The number of amides is 2. The average molecular weight is 579 g/mol. The number of nitrogens with zero attached hydrogens (tertiary/aromatic N) is 6. The summed E-state index contributed by atoms with van der Waals surface area (Å²) in [6.45, 7) is 5.63. The lowest BCUT2D eigenvalue weighted by atomic mass is 9.96. The Labute approximate surface area is 244 Å². The maximum atomic E-state index is 13.1. The molecule has 3 aromatic heterocycles. The number of nitrogens with one attached hydrogen (secondary N) is 2. The summed E-state index contributed by atoms with van der Waals surface area (Å²) < 4.78 is 8.30. The summed E-state index contributed by atoms with van der Waals surface area (Å²) in [4.78, 5) is 45.5. The highest BCUT2D eigenvalue weighted by Crippen LogP contribution is 2.36. The van der Waals surface area contributed by atoms with Gasteiger partial charge in [0.05, 0.1) is 30.4 Å². The second-order valence-electron chi connectivity index (χ2n) is 11.6. The molecule has 3 heterocycles. The van der Waals surface area contributed by atoms with E-state index >= 15 is 0 Å². The van der Waals surface area contributed by atoms with Gasteiger partial charge in [-0.3, -0.25) is 9.25 Å². The Morgan fingerprint density at radius 2 is 1.98 bits per heavy atom. The lowest BCUT2D eigenvalue weighted by Crippen LogP contribution is -2.42. The van der Waals surface area contributed by atoms with Crippen LogP contribution in [0.2, 0.25) is 0 Å². The molecule has 0 aliphatic heterocycles. The summed E-state index contributed by atoms with van der Waals surface area (Å²) >= 11 is 0. The number of hydrogen-bond donors (Lipinski definition) is 3. The quantitative estimate of drug-likeness (QED) is 0.273. The summed E-state index contributed by atoms with van der Waals surface area (Å²) in [6.07, 6.45) is 12.0. The van der Waals surface area contributed by atoms with Crippen LogP contribution in [0.4, 0.5) is 9.59 Å². The van der Waals surface area contributed by atoms with E-state index in [4.69, 9.17) is 4.74 Å². The number of rotatable bonds is 11. The number of aliphatic carboxylic acids is 1. The Balaban J connectivity index is 1.41. The van der Waals surface area contributed by atoms with E-state index in [9.17, 15) is 24.8 Å². The van der Waals surface area contributed by atoms with E-state index in [2.05, 4.69) is 31.8 Å². The number of ether oxygens (including phenoxy) is 1. The minimum atomic E-state index is -1.16. The molecule has 2 atom stereocenters. The van der Waals surface area contributed by atoms with Crippen molar-refractivity contribution in [2.45, 2.75) is 89.8 Å². The molecule has 1 fully saturated rings. The van der Waals surface area contributed by atoms with E-state index in [0.717, 1.165) is 31.2 Å². The van der Waals surface area contributed by atoms with Crippen LogP contribution in [0.3, 0.4) is 0 Å². The first kappa shape index (κ1) is 30.5. The van der Waals surface area contributed by atoms with Gasteiger partial charge in [-0.05, 0) is 64.9 Å². The van der Waals surface area contributed by atoms with Crippen molar-refractivity contribution >= 4 is 29.1 Å². The summed E-state index contributed by atoms with van der Waals surface area (Å²) in [5.41, 5.74) is 1.06. The van der Waals surface area contributed by atoms with Gasteiger partial charge in [0.2, 0.25) is 0 Å². The molecule has 3 aromatic rings. The number of carboxylic acid groups (broad SMARTS) is 1. The SMILES string of the molecule is CC(C)(C)OC(=O)NCCCCC(NC(=O)n1ccc2c(-c3cnn(C(CC#N)C4CCCC4)c3)ncnc21)C(=O)O. The Morgan fingerprint density at radius 3 is 2.67 bits per heavy atom. The van der Waals surface area contributed by atoms with Gasteiger partial charge in [0.25, 0.3) is 0 Å². The Hall–Kier alpha value is -4.47. The van der Waals surface area contributed by atoms with Crippen molar-refractivity contribution in [1.82, 2.24) is 34.9 Å². The number of fused-ring (bicyclic) bond motifs is 1. The highest BCUT2D eigenvalue weighted by Gasteiger charge is 2.28. The van der Waals surface area contributed by atoms with Gasteiger partial charge in [0.1, 0.15) is 18.0 Å². The number of hydrogen-bond acceptors (Lipinski definition) is 8. The van der Waals surface area contributed by atoms with Gasteiger partial charge in [0, 0.05) is 29.9 Å². The second kappa shape index (κ2) is 13.5. The molecule has 1 aliphatic rings. The van der Waals surface area contributed by atoms with Crippen LogP contribution in [-0.2, 0) is 9.53 Å². The third-order valence-electron chi connectivity index (χ3n) is 7.34. The lowest BCUT2D eigenvalue weighted by molar-refractivity contribution is -0.139. The van der Waals surface area contributed by atoms with Crippen LogP contribution in [0.5, 0.6) is 0 Å². The lowest BCUT2D eigenvalue weighted by Gasteiger charge is -2.21. The third kappa shape index (κ3) is 7.63. The number of alkyl carbamates (subject to hydrolysis) is 1. The molecule has 42 heavy (non-hydrogen) atoms. The normalized spacial score (nSPS) is 15.2. The molecule has 1 aliphatic carbocycles. The van der Waals surface area contributed by atoms with E-state index < -0.39 is 29.7 Å². The van der Waals surface area contributed by atoms with Crippen molar-refractivity contribution in [1.29, 1.82) is 5.26 Å². The molecule has 2 unspecified atom stereocenters. The molecule has 13 nitrogen and oxygen atoms in total. The summed E-state index contributed by atoms with van der Waals surface area (Å²) in [5, 5.41) is 29.5. The first-order valence-electron chi connectivity index (χ1n) is 14.3. The molecule has 3 N–H and O–H groups in total. The zero-order valence-corrected chi connectivity index (χ0v) is 24.2. The Kier molecular flexibility index (Phi) is 9.77. The standard InChI is InChI=1S/C29H38N8O5/c1-29(2,3)42-28(41)31-14-7-6-10-22(26(38)39)35-27(40)36-15-12-21-24(32-18-33-25(21)36)20-16-34-37(17-20)23(11-13-30)19-8-4-5-9-19/h12,15-19,22-23H,4-11,14H2,1-3H3,(H,31,41)(H,35,40)(H,38,39). The molecular weight excluding hydrogens is 540 g/mol. The van der Waals surface area contributed by atoms with Gasteiger partial charge in [-0.2, -0.15) is 10.4 Å². The Morgan fingerprint density at radius 1 is 1.21 bits per heavy atom. The fourth-order valence-electron chi connectivity index (χ4n) is 5.35. The van der Waals surface area contributed by atoms with Crippen LogP contribution in [0, 0.1) is 17.2 Å². The summed E-state index contributed by atoms with van der Waals surface area (Å²) in [6, 6.07) is 2.26. The molecule has 2 amide bonds. The predicted octanol–water partition coefficient (Wildman–Crippen LogP) is 4.65. The topological polar surface area (TPSA) is 177 Å². The maximum Gasteiger partial charge on any atom is 0.407 e. The second-order valence-corrected chi connectivity index (χ2v) is 11.6. The molecule has 224 valence electrons. The molecule has 13 heteroatoms. The molecule has 0 saturated heterocycles. The first-order chi connectivity index (χ1) is 20.1. The zero-order valence-electron chi connectivity index (χ0n) is 24.2. The highest BCUT2D eigenvalue weighted by molar-refractivity contribution is 5.97. The van der Waals surface area contributed by atoms with E-state index in [1.165, 1.54) is 17.1 Å². The van der Waals surface area contributed by atoms with Gasteiger partial charge < -0.3 is 20.5 Å². The predicted molar refractivity (Wildman–Crippen MR) is 153 cm³/mol. The molecule has 0 spiro atoms. The van der Waals surface area contributed by atoms with Crippen molar-refractivity contribution in [3.8, 4) is 17.3 Å². The Bertz CT molecular complexity index is 1440. The number of aromatic nitrogens is 5.